The number of hydrogen-bond acceptors (Lipinski definition) is 7. The third kappa shape index (κ3) is 3.22. The molecule has 4 heterocycles. The van der Waals surface area contributed by atoms with E-state index in [4.69, 9.17) is 13.9 Å². The van der Waals surface area contributed by atoms with Crippen LogP contribution in [0.3, 0.4) is 0 Å². The first kappa shape index (κ1) is 17.5. The Bertz CT molecular complexity index is 862. The molecule has 2 fully saturated rings. The molecular weight excluding hydrogens is 360 g/mol. The lowest BCUT2D eigenvalue weighted by Crippen LogP contribution is -2.49. The highest BCUT2D eigenvalue weighted by molar-refractivity contribution is 5.98. The van der Waals surface area contributed by atoms with Crippen LogP contribution in [0.15, 0.2) is 29.0 Å². The summed E-state index contributed by atoms with van der Waals surface area (Å²) in [5.41, 5.74) is 1.13. The van der Waals surface area contributed by atoms with E-state index in [-0.39, 0.29) is 5.91 Å². The smallest absolute Gasteiger partial charge is 0.276 e. The lowest BCUT2D eigenvalue weighted by atomic mass is 10.1. The molecule has 0 saturated carbocycles. The van der Waals surface area contributed by atoms with Gasteiger partial charge >= 0.3 is 0 Å². The molecule has 8 nitrogen and oxygen atoms in total. The van der Waals surface area contributed by atoms with Gasteiger partial charge in [-0.1, -0.05) is 0 Å². The normalized spacial score (nSPS) is 22.4. The number of piperazine rings is 1. The molecule has 148 valence electrons. The van der Waals surface area contributed by atoms with Crippen LogP contribution < -0.4 is 14.8 Å². The van der Waals surface area contributed by atoms with E-state index in [9.17, 15) is 4.79 Å². The maximum atomic E-state index is 13.1. The lowest BCUT2D eigenvalue weighted by Gasteiger charge is -2.32. The van der Waals surface area contributed by atoms with Crippen LogP contribution in [-0.2, 0) is 0 Å². The summed E-state index contributed by atoms with van der Waals surface area (Å²) in [6, 6.07) is 5.99. The molecular formula is C20H24N4O4. The fourth-order valence-electron chi connectivity index (χ4n) is 4.21. The number of nitrogens with zero attached hydrogens (tertiary/aromatic N) is 3. The molecule has 0 bridgehead atoms. The molecule has 8 heteroatoms. The maximum absolute atomic E-state index is 13.1. The Morgan fingerprint density at radius 2 is 1.93 bits per heavy atom. The second kappa shape index (κ2) is 7.44. The van der Waals surface area contributed by atoms with Gasteiger partial charge in [0.1, 0.15) is 13.2 Å². The van der Waals surface area contributed by atoms with Crippen LogP contribution in [0.4, 0.5) is 0 Å². The lowest BCUT2D eigenvalue weighted by molar-refractivity contribution is 0.0768. The first-order valence-electron chi connectivity index (χ1n) is 9.87. The number of amides is 1. The molecule has 28 heavy (non-hydrogen) atoms. The molecule has 0 spiro atoms. The maximum Gasteiger partial charge on any atom is 0.276 e. The standard InChI is InChI=1S/C20H24N4O4/c25-20(24-6-3-15(12-24)23-7-4-21-5-8-23)18-19(28-13-22-18)14-1-2-16-17(11-14)27-10-9-26-16/h1-2,11,13,15,21H,3-10,12H2. The van der Waals surface area contributed by atoms with Gasteiger partial charge in [-0.3, -0.25) is 9.69 Å². The van der Waals surface area contributed by atoms with Crippen molar-refractivity contribution < 1.29 is 18.7 Å². The molecule has 3 aliphatic heterocycles. The number of aromatic nitrogens is 1. The number of likely N-dealkylation sites (tertiary alicyclic amines) is 1. The first-order chi connectivity index (χ1) is 13.8. The van der Waals surface area contributed by atoms with Crippen molar-refractivity contribution in [3.05, 3.63) is 30.3 Å². The van der Waals surface area contributed by atoms with Gasteiger partial charge in [-0.05, 0) is 24.6 Å². The van der Waals surface area contributed by atoms with E-state index in [1.807, 2.05) is 23.1 Å². The minimum atomic E-state index is -0.0729. The molecule has 3 aliphatic rings. The van der Waals surface area contributed by atoms with E-state index in [1.165, 1.54) is 6.39 Å². The van der Waals surface area contributed by atoms with E-state index >= 15 is 0 Å². The van der Waals surface area contributed by atoms with Crippen molar-refractivity contribution in [3.63, 3.8) is 0 Å². The largest absolute Gasteiger partial charge is 0.486 e. The summed E-state index contributed by atoms with van der Waals surface area (Å²) in [4.78, 5) is 21.7. The predicted molar refractivity (Wildman–Crippen MR) is 102 cm³/mol. The van der Waals surface area contributed by atoms with Crippen molar-refractivity contribution in [1.82, 2.24) is 20.1 Å². The number of carbonyl (C=O) groups excluding carboxylic acids is 1. The molecule has 5 rings (SSSR count). The topological polar surface area (TPSA) is 80.1 Å². The van der Waals surface area contributed by atoms with Gasteiger partial charge in [0.2, 0.25) is 0 Å². The Kier molecular flexibility index (Phi) is 4.66. The molecule has 1 atom stereocenters. The van der Waals surface area contributed by atoms with Gasteiger partial charge in [0.05, 0.1) is 0 Å². The zero-order chi connectivity index (χ0) is 18.9. The number of carbonyl (C=O) groups is 1. The number of ether oxygens (including phenoxy) is 2. The molecule has 1 unspecified atom stereocenters. The van der Waals surface area contributed by atoms with Gasteiger partial charge in [-0.25, -0.2) is 4.98 Å². The summed E-state index contributed by atoms with van der Waals surface area (Å²) in [6.07, 6.45) is 2.34. The molecule has 1 aromatic carbocycles. The number of oxazole rings is 1. The van der Waals surface area contributed by atoms with Crippen LogP contribution >= 0.6 is 0 Å². The summed E-state index contributed by atoms with van der Waals surface area (Å²) in [5.74, 6) is 1.78. The molecule has 1 aromatic heterocycles. The molecule has 2 aromatic rings. The molecule has 1 N–H and O–H groups in total. The van der Waals surface area contributed by atoms with Crippen molar-refractivity contribution >= 4 is 5.91 Å². The Balaban J connectivity index is 1.34. The van der Waals surface area contributed by atoms with Crippen LogP contribution in [0.1, 0.15) is 16.9 Å². The summed E-state index contributed by atoms with van der Waals surface area (Å²) in [7, 11) is 0. The van der Waals surface area contributed by atoms with Gasteiger partial charge in [0.25, 0.3) is 5.91 Å². The first-order valence-corrected chi connectivity index (χ1v) is 9.87. The van der Waals surface area contributed by atoms with Crippen molar-refractivity contribution in [2.75, 3.05) is 52.5 Å². The molecule has 0 radical (unpaired) electrons. The summed E-state index contributed by atoms with van der Waals surface area (Å²) >= 11 is 0. The van der Waals surface area contributed by atoms with E-state index in [0.717, 1.165) is 51.3 Å². The van der Waals surface area contributed by atoms with Crippen molar-refractivity contribution in [2.24, 2.45) is 0 Å². The number of hydrogen-bond donors (Lipinski definition) is 1. The van der Waals surface area contributed by atoms with Crippen molar-refractivity contribution in [1.29, 1.82) is 0 Å². The van der Waals surface area contributed by atoms with E-state index < -0.39 is 0 Å². The number of rotatable bonds is 3. The molecule has 0 aliphatic carbocycles. The number of nitrogens with one attached hydrogen (secondary N) is 1. The zero-order valence-corrected chi connectivity index (χ0v) is 15.7. The fourth-order valence-corrected chi connectivity index (χ4v) is 4.21. The van der Waals surface area contributed by atoms with E-state index in [1.54, 1.807) is 0 Å². The minimum Gasteiger partial charge on any atom is -0.486 e. The second-order valence-corrected chi connectivity index (χ2v) is 7.37. The highest BCUT2D eigenvalue weighted by atomic mass is 16.6. The minimum absolute atomic E-state index is 0.0729. The third-order valence-corrected chi connectivity index (χ3v) is 5.69. The zero-order valence-electron chi connectivity index (χ0n) is 15.7. The molecule has 2 saturated heterocycles. The van der Waals surface area contributed by atoms with Crippen LogP contribution in [-0.4, -0.2) is 79.2 Å². The van der Waals surface area contributed by atoms with Gasteiger partial charge in [-0.15, -0.1) is 0 Å². The summed E-state index contributed by atoms with van der Waals surface area (Å²) in [5, 5.41) is 3.38. The Hall–Kier alpha value is -2.58. The fraction of sp³-hybridized carbons (Fsp3) is 0.500. The van der Waals surface area contributed by atoms with Gasteiger partial charge in [0.15, 0.2) is 29.3 Å². The van der Waals surface area contributed by atoms with Crippen LogP contribution in [0.25, 0.3) is 11.3 Å². The summed E-state index contributed by atoms with van der Waals surface area (Å²) in [6.45, 7) is 6.66. The van der Waals surface area contributed by atoms with Crippen LogP contribution in [0, 0.1) is 0 Å². The Morgan fingerprint density at radius 3 is 2.79 bits per heavy atom. The summed E-state index contributed by atoms with van der Waals surface area (Å²) < 4.78 is 16.8. The van der Waals surface area contributed by atoms with Gasteiger partial charge in [-0.2, -0.15) is 0 Å². The SMILES string of the molecule is O=C(c1ncoc1-c1ccc2c(c1)OCCO2)N1CCC(N2CCNCC2)C1. The predicted octanol–water partition coefficient (Wildman–Crippen LogP) is 1.23. The molecule has 1 amide bonds. The van der Waals surface area contributed by atoms with E-state index in [0.29, 0.717) is 42.2 Å². The highest BCUT2D eigenvalue weighted by Gasteiger charge is 2.33. The third-order valence-electron chi connectivity index (χ3n) is 5.69. The van der Waals surface area contributed by atoms with Gasteiger partial charge in [0, 0.05) is 50.9 Å². The second-order valence-electron chi connectivity index (χ2n) is 7.37. The average Bonchev–Trinajstić information content (AvgIpc) is 3.44. The monoisotopic (exact) mass is 384 g/mol. The van der Waals surface area contributed by atoms with Crippen molar-refractivity contribution in [3.8, 4) is 22.8 Å². The van der Waals surface area contributed by atoms with Crippen molar-refractivity contribution in [2.45, 2.75) is 12.5 Å². The van der Waals surface area contributed by atoms with Crippen LogP contribution in [0.2, 0.25) is 0 Å². The van der Waals surface area contributed by atoms with Crippen LogP contribution in [0.5, 0.6) is 11.5 Å². The quantitative estimate of drug-likeness (QED) is 0.853. The number of fused-ring (bicyclic) bond motifs is 1. The average molecular weight is 384 g/mol. The Labute approximate surface area is 163 Å². The number of benzene rings is 1. The van der Waals surface area contributed by atoms with E-state index in [2.05, 4.69) is 15.2 Å². The Morgan fingerprint density at radius 1 is 1.11 bits per heavy atom. The van der Waals surface area contributed by atoms with Gasteiger partial charge < -0.3 is 24.1 Å². The highest BCUT2D eigenvalue weighted by Crippen LogP contribution is 2.36.